The zero-order chi connectivity index (χ0) is 11.3. The standard InChI is InChI=1S/C12H14BrFO/c1-2-3-12(15)5-4-9-6-10(13)8-11(14)7-9/h6-8H,2-5H2,1H3. The molecule has 0 unspecified atom stereocenters. The first-order valence-electron chi connectivity index (χ1n) is 5.08. The van der Waals surface area contributed by atoms with Crippen LogP contribution in [0.5, 0.6) is 0 Å². The molecule has 0 amide bonds. The Kier molecular flexibility index (Phi) is 4.95. The van der Waals surface area contributed by atoms with Crippen molar-refractivity contribution < 1.29 is 9.18 Å². The number of hydrogen-bond donors (Lipinski definition) is 0. The lowest BCUT2D eigenvalue weighted by Crippen LogP contribution is -1.99. The summed E-state index contributed by atoms with van der Waals surface area (Å²) in [5, 5.41) is 0. The molecule has 3 heteroatoms. The number of carbonyl (C=O) groups is 1. The molecule has 0 spiro atoms. The van der Waals surface area contributed by atoms with Crippen molar-refractivity contribution in [3.05, 3.63) is 34.1 Å². The average Bonchev–Trinajstić information content (AvgIpc) is 2.14. The topological polar surface area (TPSA) is 17.1 Å². The van der Waals surface area contributed by atoms with Crippen LogP contribution in [0.1, 0.15) is 31.7 Å². The molecule has 1 aromatic carbocycles. The van der Waals surface area contributed by atoms with Crippen LogP contribution in [0.15, 0.2) is 22.7 Å². The van der Waals surface area contributed by atoms with Crippen molar-refractivity contribution in [3.8, 4) is 0 Å². The lowest BCUT2D eigenvalue weighted by Gasteiger charge is -2.02. The van der Waals surface area contributed by atoms with E-state index in [0.717, 1.165) is 16.5 Å². The van der Waals surface area contributed by atoms with Crippen LogP contribution in [0.25, 0.3) is 0 Å². The molecule has 0 N–H and O–H groups in total. The van der Waals surface area contributed by atoms with E-state index in [-0.39, 0.29) is 11.6 Å². The predicted molar refractivity (Wildman–Crippen MR) is 62.3 cm³/mol. The Bertz CT molecular complexity index is 329. The Labute approximate surface area is 97.8 Å². The van der Waals surface area contributed by atoms with Crippen LogP contribution in [0.2, 0.25) is 0 Å². The molecule has 0 heterocycles. The molecular weight excluding hydrogens is 259 g/mol. The van der Waals surface area contributed by atoms with Gasteiger partial charge in [-0.25, -0.2) is 4.39 Å². The van der Waals surface area contributed by atoms with Crippen molar-refractivity contribution in [1.82, 2.24) is 0 Å². The van der Waals surface area contributed by atoms with E-state index in [4.69, 9.17) is 0 Å². The SMILES string of the molecule is CCCC(=O)CCc1cc(F)cc(Br)c1. The van der Waals surface area contributed by atoms with Gasteiger partial charge in [0.15, 0.2) is 0 Å². The average molecular weight is 273 g/mol. The number of benzene rings is 1. The number of aryl methyl sites for hydroxylation is 1. The molecule has 1 rings (SSSR count). The highest BCUT2D eigenvalue weighted by molar-refractivity contribution is 9.10. The van der Waals surface area contributed by atoms with Crippen LogP contribution in [0.4, 0.5) is 4.39 Å². The summed E-state index contributed by atoms with van der Waals surface area (Å²) in [6, 6.07) is 4.74. The van der Waals surface area contributed by atoms with Crippen molar-refractivity contribution in [2.24, 2.45) is 0 Å². The zero-order valence-corrected chi connectivity index (χ0v) is 10.3. The highest BCUT2D eigenvalue weighted by Crippen LogP contribution is 2.16. The fourth-order valence-electron chi connectivity index (χ4n) is 1.44. The molecule has 15 heavy (non-hydrogen) atoms. The number of halogens is 2. The molecule has 0 aliphatic rings. The lowest BCUT2D eigenvalue weighted by atomic mass is 10.1. The minimum Gasteiger partial charge on any atom is -0.300 e. The molecule has 0 bridgehead atoms. The predicted octanol–water partition coefficient (Wildman–Crippen LogP) is 3.89. The summed E-state index contributed by atoms with van der Waals surface area (Å²) in [5.41, 5.74) is 0.867. The molecule has 0 saturated heterocycles. The Morgan fingerprint density at radius 2 is 2.07 bits per heavy atom. The third-order valence-corrected chi connectivity index (χ3v) is 2.60. The van der Waals surface area contributed by atoms with Crippen molar-refractivity contribution in [3.63, 3.8) is 0 Å². The summed E-state index contributed by atoms with van der Waals surface area (Å²) in [7, 11) is 0. The number of carbonyl (C=O) groups excluding carboxylic acids is 1. The Morgan fingerprint density at radius 3 is 2.67 bits per heavy atom. The van der Waals surface area contributed by atoms with Crippen LogP contribution in [0, 0.1) is 5.82 Å². The molecule has 0 fully saturated rings. The van der Waals surface area contributed by atoms with Gasteiger partial charge in [-0.15, -0.1) is 0 Å². The summed E-state index contributed by atoms with van der Waals surface area (Å²) < 4.78 is 13.7. The number of hydrogen-bond acceptors (Lipinski definition) is 1. The van der Waals surface area contributed by atoms with Gasteiger partial charge < -0.3 is 0 Å². The maximum atomic E-state index is 13.0. The van der Waals surface area contributed by atoms with Gasteiger partial charge >= 0.3 is 0 Å². The van der Waals surface area contributed by atoms with Gasteiger partial charge in [0, 0.05) is 17.3 Å². The Morgan fingerprint density at radius 1 is 1.33 bits per heavy atom. The normalized spacial score (nSPS) is 10.3. The summed E-state index contributed by atoms with van der Waals surface area (Å²) in [6.07, 6.45) is 2.63. The summed E-state index contributed by atoms with van der Waals surface area (Å²) in [5.74, 6) is -0.0137. The van der Waals surface area contributed by atoms with E-state index in [1.807, 2.05) is 13.0 Å². The maximum absolute atomic E-state index is 13.0. The van der Waals surface area contributed by atoms with Gasteiger partial charge in [-0.3, -0.25) is 4.79 Å². The van der Waals surface area contributed by atoms with Gasteiger partial charge in [-0.2, -0.15) is 0 Å². The molecule has 0 radical (unpaired) electrons. The minimum absolute atomic E-state index is 0.248. The first-order chi connectivity index (χ1) is 7.11. The summed E-state index contributed by atoms with van der Waals surface area (Å²) >= 11 is 3.23. The molecule has 0 aliphatic heterocycles. The van der Waals surface area contributed by atoms with Crippen LogP contribution >= 0.6 is 15.9 Å². The van der Waals surface area contributed by atoms with Crippen LogP contribution in [0.3, 0.4) is 0 Å². The van der Waals surface area contributed by atoms with Gasteiger partial charge in [-0.1, -0.05) is 22.9 Å². The highest BCUT2D eigenvalue weighted by atomic mass is 79.9. The summed E-state index contributed by atoms with van der Waals surface area (Å²) in [6.45, 7) is 1.98. The number of ketones is 1. The lowest BCUT2D eigenvalue weighted by molar-refractivity contribution is -0.119. The maximum Gasteiger partial charge on any atom is 0.133 e. The zero-order valence-electron chi connectivity index (χ0n) is 8.72. The fraction of sp³-hybridized carbons (Fsp3) is 0.417. The minimum atomic E-state index is -0.262. The third kappa shape index (κ3) is 4.56. The fourth-order valence-corrected chi connectivity index (χ4v) is 1.96. The molecule has 0 aromatic heterocycles. The Hall–Kier alpha value is -0.700. The van der Waals surface area contributed by atoms with E-state index in [1.165, 1.54) is 12.1 Å². The van der Waals surface area contributed by atoms with E-state index in [1.54, 1.807) is 0 Å². The molecular formula is C12H14BrFO. The quantitative estimate of drug-likeness (QED) is 0.795. The highest BCUT2D eigenvalue weighted by Gasteiger charge is 2.03. The van der Waals surface area contributed by atoms with E-state index < -0.39 is 0 Å². The first-order valence-corrected chi connectivity index (χ1v) is 5.87. The van der Waals surface area contributed by atoms with Gasteiger partial charge in [0.1, 0.15) is 11.6 Å². The van der Waals surface area contributed by atoms with E-state index in [0.29, 0.717) is 19.3 Å². The van der Waals surface area contributed by atoms with Crippen molar-refractivity contribution in [1.29, 1.82) is 0 Å². The van der Waals surface area contributed by atoms with Crippen LogP contribution in [-0.2, 0) is 11.2 Å². The second-order valence-electron chi connectivity index (χ2n) is 3.57. The van der Waals surface area contributed by atoms with Gasteiger partial charge in [0.25, 0.3) is 0 Å². The largest absolute Gasteiger partial charge is 0.300 e. The monoisotopic (exact) mass is 272 g/mol. The summed E-state index contributed by atoms with van der Waals surface area (Å²) in [4.78, 5) is 11.3. The van der Waals surface area contributed by atoms with Gasteiger partial charge in [-0.05, 0) is 36.6 Å². The third-order valence-electron chi connectivity index (χ3n) is 2.14. The number of Topliss-reactive ketones (excluding diaryl/α,β-unsaturated/α-hetero) is 1. The molecule has 0 aliphatic carbocycles. The van der Waals surface area contributed by atoms with Crippen molar-refractivity contribution in [2.45, 2.75) is 32.6 Å². The molecule has 0 atom stereocenters. The molecule has 1 aromatic rings. The van der Waals surface area contributed by atoms with E-state index in [9.17, 15) is 9.18 Å². The smallest absolute Gasteiger partial charge is 0.133 e. The van der Waals surface area contributed by atoms with Crippen molar-refractivity contribution >= 4 is 21.7 Å². The Balaban J connectivity index is 2.54. The number of rotatable bonds is 5. The van der Waals surface area contributed by atoms with Crippen LogP contribution in [-0.4, -0.2) is 5.78 Å². The van der Waals surface area contributed by atoms with Gasteiger partial charge in [0.05, 0.1) is 0 Å². The first kappa shape index (κ1) is 12.4. The van der Waals surface area contributed by atoms with Crippen LogP contribution < -0.4 is 0 Å². The van der Waals surface area contributed by atoms with Crippen molar-refractivity contribution in [2.75, 3.05) is 0 Å². The second kappa shape index (κ2) is 6.01. The molecule has 82 valence electrons. The van der Waals surface area contributed by atoms with E-state index in [2.05, 4.69) is 15.9 Å². The van der Waals surface area contributed by atoms with Gasteiger partial charge in [0.2, 0.25) is 0 Å². The molecule has 0 saturated carbocycles. The van der Waals surface area contributed by atoms with E-state index >= 15 is 0 Å². The second-order valence-corrected chi connectivity index (χ2v) is 4.48. The molecule has 1 nitrogen and oxygen atoms in total.